The number of ether oxygens (including phenoxy) is 3. The molecule has 0 aliphatic rings. The minimum atomic E-state index is -0.836. The first kappa shape index (κ1) is 64.0. The van der Waals surface area contributed by atoms with Crippen molar-refractivity contribution in [1.29, 1.82) is 0 Å². The van der Waals surface area contributed by atoms with Crippen LogP contribution >= 0.6 is 0 Å². The Hall–Kier alpha value is -4.97. The number of carbonyl (C=O) groups is 3. The van der Waals surface area contributed by atoms with E-state index in [1.54, 1.807) is 0 Å². The first-order valence-electron chi connectivity index (χ1n) is 27.0. The van der Waals surface area contributed by atoms with Gasteiger partial charge < -0.3 is 14.2 Å². The zero-order valence-electron chi connectivity index (χ0n) is 43.8. The molecule has 0 aliphatic heterocycles. The number of hydrogen-bond donors (Lipinski definition) is 0. The van der Waals surface area contributed by atoms with Crippen LogP contribution in [0.15, 0.2) is 158 Å². The molecule has 0 amide bonds. The summed E-state index contributed by atoms with van der Waals surface area (Å²) in [5, 5.41) is 0. The maximum absolute atomic E-state index is 12.8. The second-order valence-electron chi connectivity index (χ2n) is 17.0. The Kier molecular flexibility index (Phi) is 51.6. The van der Waals surface area contributed by atoms with Crippen molar-refractivity contribution in [3.8, 4) is 0 Å². The Labute approximate surface area is 422 Å². The molecule has 0 saturated heterocycles. The van der Waals surface area contributed by atoms with Crippen molar-refractivity contribution in [3.63, 3.8) is 0 Å². The monoisotopic (exact) mass is 949 g/mol. The zero-order valence-corrected chi connectivity index (χ0v) is 43.8. The van der Waals surface area contributed by atoms with Crippen molar-refractivity contribution >= 4 is 17.9 Å². The topological polar surface area (TPSA) is 78.9 Å². The van der Waals surface area contributed by atoms with E-state index in [1.165, 1.54) is 0 Å². The minimum Gasteiger partial charge on any atom is -0.462 e. The summed E-state index contributed by atoms with van der Waals surface area (Å²) >= 11 is 0. The molecule has 0 rings (SSSR count). The molecule has 384 valence electrons. The fourth-order valence-corrected chi connectivity index (χ4v) is 6.59. The van der Waals surface area contributed by atoms with Gasteiger partial charge in [-0.1, -0.05) is 211 Å². The van der Waals surface area contributed by atoms with Gasteiger partial charge in [-0.25, -0.2) is 0 Å². The van der Waals surface area contributed by atoms with Gasteiger partial charge in [0.15, 0.2) is 6.10 Å². The van der Waals surface area contributed by atoms with Gasteiger partial charge in [-0.05, 0) is 128 Å². The molecule has 0 bridgehead atoms. The van der Waals surface area contributed by atoms with Gasteiger partial charge in [0.25, 0.3) is 0 Å². The number of esters is 3. The average molecular weight is 949 g/mol. The molecular weight excluding hydrogens is 853 g/mol. The van der Waals surface area contributed by atoms with Crippen molar-refractivity contribution in [2.75, 3.05) is 13.2 Å². The van der Waals surface area contributed by atoms with Gasteiger partial charge in [0.2, 0.25) is 0 Å². The van der Waals surface area contributed by atoms with Crippen LogP contribution in [0.25, 0.3) is 0 Å². The van der Waals surface area contributed by atoms with E-state index < -0.39 is 6.10 Å². The van der Waals surface area contributed by atoms with E-state index in [-0.39, 0.29) is 44.0 Å². The fourth-order valence-electron chi connectivity index (χ4n) is 6.59. The van der Waals surface area contributed by atoms with Crippen LogP contribution in [0.2, 0.25) is 0 Å². The van der Waals surface area contributed by atoms with E-state index in [1.807, 2.05) is 12.2 Å². The highest BCUT2D eigenvalue weighted by Crippen LogP contribution is 2.12. The van der Waals surface area contributed by atoms with Crippen LogP contribution < -0.4 is 0 Å². The van der Waals surface area contributed by atoms with Crippen LogP contribution in [-0.2, 0) is 28.6 Å². The second kappa shape index (κ2) is 55.6. The maximum Gasteiger partial charge on any atom is 0.306 e. The fraction of sp³-hybridized carbons (Fsp3) is 0.540. The highest BCUT2D eigenvalue weighted by atomic mass is 16.6. The summed E-state index contributed by atoms with van der Waals surface area (Å²) in [4.78, 5) is 38.0. The average Bonchev–Trinajstić information content (AvgIpc) is 3.35. The van der Waals surface area contributed by atoms with Gasteiger partial charge in [0.05, 0.1) is 0 Å². The van der Waals surface area contributed by atoms with E-state index in [2.05, 4.69) is 167 Å². The van der Waals surface area contributed by atoms with Crippen molar-refractivity contribution in [3.05, 3.63) is 158 Å². The van der Waals surface area contributed by atoms with E-state index in [0.717, 1.165) is 154 Å². The zero-order chi connectivity index (χ0) is 50.0. The predicted molar refractivity (Wildman–Crippen MR) is 297 cm³/mol. The summed E-state index contributed by atoms with van der Waals surface area (Å²) in [5.74, 6) is -1.07. The number of carbonyl (C=O) groups excluding carboxylic acids is 3. The molecule has 6 heteroatoms. The molecule has 0 aromatic carbocycles. The van der Waals surface area contributed by atoms with Crippen LogP contribution in [0.3, 0.4) is 0 Å². The highest BCUT2D eigenvalue weighted by molar-refractivity contribution is 5.71. The normalized spacial score (nSPS) is 13.4. The lowest BCUT2D eigenvalue weighted by atomic mass is 10.1. The van der Waals surface area contributed by atoms with Crippen molar-refractivity contribution in [2.45, 2.75) is 207 Å². The van der Waals surface area contributed by atoms with E-state index in [4.69, 9.17) is 14.2 Å². The molecule has 6 nitrogen and oxygen atoms in total. The lowest BCUT2D eigenvalue weighted by Crippen LogP contribution is -2.30. The summed E-state index contributed by atoms with van der Waals surface area (Å²) < 4.78 is 16.7. The van der Waals surface area contributed by atoms with Crippen molar-refractivity contribution in [2.24, 2.45) is 0 Å². The van der Waals surface area contributed by atoms with Crippen LogP contribution in [0.1, 0.15) is 201 Å². The standard InChI is InChI=1S/C63H96O6/c1-4-7-10-13-16-19-22-25-27-29-30-31-32-34-35-38-41-44-47-50-53-56-62(65)68-59-60(58-67-61(64)55-52-49-46-43-40-37-24-21-18-15-12-9-6-3)69-63(66)57-54-51-48-45-42-39-36-33-28-26-23-20-17-14-11-8-5-2/h7-12,16-21,25-28,30-31,34-37,39-40,46,49,60H,4-6,13-15,22-24,29,32-33,38,41-45,47-48,50-59H2,1-3H3/b10-7-,11-8-,12-9-,19-16-,20-17-,21-18-,27-25-,28-26-,31-30-,35-34-,39-36-,40-37-,49-46-. The first-order chi connectivity index (χ1) is 34.0. The van der Waals surface area contributed by atoms with Crippen molar-refractivity contribution < 1.29 is 28.6 Å². The summed E-state index contributed by atoms with van der Waals surface area (Å²) in [5.41, 5.74) is 0. The quantitative estimate of drug-likeness (QED) is 0.0262. The minimum absolute atomic E-state index is 0.128. The molecule has 1 atom stereocenters. The third-order valence-corrected chi connectivity index (χ3v) is 10.5. The van der Waals surface area contributed by atoms with Crippen LogP contribution in [0.4, 0.5) is 0 Å². The molecule has 0 aromatic rings. The molecule has 0 N–H and O–H groups in total. The van der Waals surface area contributed by atoms with E-state index >= 15 is 0 Å². The summed E-state index contributed by atoms with van der Waals surface area (Å²) in [6.07, 6.45) is 81.0. The van der Waals surface area contributed by atoms with Gasteiger partial charge in [-0.15, -0.1) is 0 Å². The van der Waals surface area contributed by atoms with Crippen LogP contribution in [0.5, 0.6) is 0 Å². The lowest BCUT2D eigenvalue weighted by Gasteiger charge is -2.18. The molecule has 69 heavy (non-hydrogen) atoms. The second-order valence-corrected chi connectivity index (χ2v) is 17.0. The third-order valence-electron chi connectivity index (χ3n) is 10.5. The number of hydrogen-bond acceptors (Lipinski definition) is 6. The lowest BCUT2D eigenvalue weighted by molar-refractivity contribution is -0.166. The smallest absolute Gasteiger partial charge is 0.306 e. The Morgan fingerprint density at radius 1 is 0.290 bits per heavy atom. The SMILES string of the molecule is CC/C=C\C/C=C\C/C=C\C/C=C\C/C=C\CCCCCCCC(=O)OCC(COC(=O)CC/C=C\C/C=C\C/C=C\C/C=C\CC)OC(=O)CCCCCC/C=C\C/C=C\C/C=C\C/C=C\CC. The van der Waals surface area contributed by atoms with E-state index in [0.29, 0.717) is 12.8 Å². The summed E-state index contributed by atoms with van der Waals surface area (Å²) in [6, 6.07) is 0. The third kappa shape index (κ3) is 53.8. The Morgan fingerprint density at radius 2 is 0.551 bits per heavy atom. The molecule has 0 spiro atoms. The Morgan fingerprint density at radius 3 is 0.899 bits per heavy atom. The molecule has 0 heterocycles. The molecule has 0 aromatic heterocycles. The van der Waals surface area contributed by atoms with Crippen LogP contribution in [0, 0.1) is 0 Å². The Balaban J connectivity index is 4.55. The molecule has 1 unspecified atom stereocenters. The molecule has 0 aliphatic carbocycles. The summed E-state index contributed by atoms with van der Waals surface area (Å²) in [6.45, 7) is 6.17. The molecular formula is C63H96O6. The van der Waals surface area contributed by atoms with Gasteiger partial charge in [-0.2, -0.15) is 0 Å². The molecule has 0 fully saturated rings. The first-order valence-corrected chi connectivity index (χ1v) is 27.0. The maximum atomic E-state index is 12.8. The number of allylic oxidation sites excluding steroid dienone is 26. The number of rotatable bonds is 46. The van der Waals surface area contributed by atoms with Gasteiger partial charge in [0, 0.05) is 19.3 Å². The number of unbranched alkanes of at least 4 members (excludes halogenated alkanes) is 9. The predicted octanol–water partition coefficient (Wildman–Crippen LogP) is 18.2. The van der Waals surface area contributed by atoms with Crippen LogP contribution in [-0.4, -0.2) is 37.2 Å². The Bertz CT molecular complexity index is 1610. The molecule has 0 radical (unpaired) electrons. The highest BCUT2D eigenvalue weighted by Gasteiger charge is 2.19. The molecule has 0 saturated carbocycles. The van der Waals surface area contributed by atoms with Gasteiger partial charge in [-0.3, -0.25) is 14.4 Å². The van der Waals surface area contributed by atoms with Gasteiger partial charge >= 0.3 is 17.9 Å². The van der Waals surface area contributed by atoms with E-state index in [9.17, 15) is 14.4 Å². The summed E-state index contributed by atoms with van der Waals surface area (Å²) in [7, 11) is 0. The van der Waals surface area contributed by atoms with Gasteiger partial charge in [0.1, 0.15) is 13.2 Å². The largest absolute Gasteiger partial charge is 0.462 e. The van der Waals surface area contributed by atoms with Crippen molar-refractivity contribution in [1.82, 2.24) is 0 Å².